The number of hydrogen-bond acceptors (Lipinski definition) is 2. The van der Waals surface area contributed by atoms with Crippen LogP contribution in [0.25, 0.3) is 0 Å². The first-order chi connectivity index (χ1) is 10.1. The number of aliphatic imine (C=N–C) groups is 1. The van der Waals surface area contributed by atoms with Gasteiger partial charge in [-0.15, -0.1) is 0 Å². The van der Waals surface area contributed by atoms with Gasteiger partial charge >= 0.3 is 0 Å². The third kappa shape index (κ3) is 5.34. The summed E-state index contributed by atoms with van der Waals surface area (Å²) in [5.74, 6) is 1.86. The second-order valence-electron chi connectivity index (χ2n) is 6.76. The Morgan fingerprint density at radius 2 is 2.00 bits per heavy atom. The van der Waals surface area contributed by atoms with Gasteiger partial charge in [0.2, 0.25) is 0 Å². The number of nitrogens with one attached hydrogen (secondary N) is 2. The van der Waals surface area contributed by atoms with E-state index in [4.69, 9.17) is 0 Å². The Hall–Kier alpha value is -1.03. The summed E-state index contributed by atoms with van der Waals surface area (Å²) in [6.07, 6.45) is 6.32. The summed E-state index contributed by atoms with van der Waals surface area (Å²) in [6.45, 7) is 11.7. The van der Waals surface area contributed by atoms with Gasteiger partial charge in [-0.05, 0) is 38.5 Å². The van der Waals surface area contributed by atoms with Crippen LogP contribution in [0.15, 0.2) is 17.1 Å². The van der Waals surface area contributed by atoms with Crippen LogP contribution in [-0.2, 0) is 0 Å². The highest BCUT2D eigenvalue weighted by Crippen LogP contribution is 2.34. The molecule has 4 nitrogen and oxygen atoms in total. The summed E-state index contributed by atoms with van der Waals surface area (Å²) in [5.41, 5.74) is 1.26. The van der Waals surface area contributed by atoms with Crippen LogP contribution in [0.5, 0.6) is 0 Å². The van der Waals surface area contributed by atoms with Crippen LogP contribution in [0.3, 0.4) is 0 Å². The standard InChI is InChI=1S/C17H32N4/c1-5-6-14-11-16(14)20-17(18-4)19-15-7-9-21(10-8-15)12-13(2)3/h14-16H,2,5-12H2,1,3-4H3,(H2,18,19,20). The number of nitrogens with zero attached hydrogens (tertiary/aromatic N) is 2. The monoisotopic (exact) mass is 292 g/mol. The van der Waals surface area contributed by atoms with Gasteiger partial charge in [0.1, 0.15) is 0 Å². The first-order valence-corrected chi connectivity index (χ1v) is 8.49. The number of piperidine rings is 1. The average molecular weight is 292 g/mol. The summed E-state index contributed by atoms with van der Waals surface area (Å²) < 4.78 is 0. The predicted octanol–water partition coefficient (Wildman–Crippen LogP) is 2.38. The van der Waals surface area contributed by atoms with Gasteiger partial charge in [-0.3, -0.25) is 9.89 Å². The van der Waals surface area contributed by atoms with Gasteiger partial charge in [0.05, 0.1) is 0 Å². The molecule has 1 heterocycles. The first kappa shape index (κ1) is 16.3. The van der Waals surface area contributed by atoms with E-state index in [0.717, 1.165) is 31.5 Å². The zero-order valence-electron chi connectivity index (χ0n) is 14.0. The van der Waals surface area contributed by atoms with Gasteiger partial charge in [0.15, 0.2) is 5.96 Å². The van der Waals surface area contributed by atoms with Crippen molar-refractivity contribution < 1.29 is 0 Å². The molecule has 4 heteroatoms. The van der Waals surface area contributed by atoms with Crippen molar-refractivity contribution in [3.05, 3.63) is 12.2 Å². The Balaban J connectivity index is 1.68. The highest BCUT2D eigenvalue weighted by molar-refractivity contribution is 5.80. The molecule has 0 amide bonds. The predicted molar refractivity (Wildman–Crippen MR) is 90.7 cm³/mol. The number of guanidine groups is 1. The van der Waals surface area contributed by atoms with Crippen molar-refractivity contribution in [2.75, 3.05) is 26.7 Å². The fourth-order valence-electron chi connectivity index (χ4n) is 3.27. The maximum atomic E-state index is 4.39. The van der Waals surface area contributed by atoms with Gasteiger partial charge in [-0.2, -0.15) is 0 Å². The van der Waals surface area contributed by atoms with Crippen LogP contribution in [0.4, 0.5) is 0 Å². The Labute approximate surface area is 130 Å². The maximum absolute atomic E-state index is 4.39. The molecule has 0 aromatic heterocycles. The molecule has 2 aliphatic rings. The minimum absolute atomic E-state index is 0.556. The molecule has 0 aromatic rings. The third-order valence-electron chi connectivity index (χ3n) is 4.55. The van der Waals surface area contributed by atoms with Gasteiger partial charge in [-0.1, -0.05) is 25.5 Å². The second-order valence-corrected chi connectivity index (χ2v) is 6.76. The minimum Gasteiger partial charge on any atom is -0.354 e. The van der Waals surface area contributed by atoms with E-state index in [9.17, 15) is 0 Å². The summed E-state index contributed by atoms with van der Waals surface area (Å²) in [7, 11) is 1.88. The van der Waals surface area contributed by atoms with E-state index in [1.165, 1.54) is 37.7 Å². The zero-order valence-corrected chi connectivity index (χ0v) is 14.0. The Morgan fingerprint density at radius 3 is 2.57 bits per heavy atom. The Kier molecular flexibility index (Phi) is 6.09. The lowest BCUT2D eigenvalue weighted by Crippen LogP contribution is -2.49. The van der Waals surface area contributed by atoms with Crippen LogP contribution in [0.1, 0.15) is 46.0 Å². The molecule has 2 unspecified atom stereocenters. The molecular weight excluding hydrogens is 260 g/mol. The van der Waals surface area contributed by atoms with E-state index in [-0.39, 0.29) is 0 Å². The lowest BCUT2D eigenvalue weighted by atomic mass is 10.0. The van der Waals surface area contributed by atoms with Crippen LogP contribution in [0.2, 0.25) is 0 Å². The lowest BCUT2D eigenvalue weighted by molar-refractivity contribution is 0.221. The molecule has 2 atom stereocenters. The van der Waals surface area contributed by atoms with Gasteiger partial charge in [0.25, 0.3) is 0 Å². The van der Waals surface area contributed by atoms with Gasteiger partial charge in [0, 0.05) is 38.8 Å². The fourth-order valence-corrected chi connectivity index (χ4v) is 3.27. The topological polar surface area (TPSA) is 39.7 Å². The number of hydrogen-bond donors (Lipinski definition) is 2. The summed E-state index contributed by atoms with van der Waals surface area (Å²) in [5, 5.41) is 7.18. The van der Waals surface area contributed by atoms with Crippen LogP contribution >= 0.6 is 0 Å². The fraction of sp³-hybridized carbons (Fsp3) is 0.824. The first-order valence-electron chi connectivity index (χ1n) is 8.49. The SMILES string of the molecule is C=C(C)CN1CCC(NC(=NC)NC2CC2CCC)CC1. The molecule has 1 aliphatic carbocycles. The van der Waals surface area contributed by atoms with Gasteiger partial charge in [-0.25, -0.2) is 0 Å². The van der Waals surface area contributed by atoms with Crippen molar-refractivity contribution in [2.24, 2.45) is 10.9 Å². The van der Waals surface area contributed by atoms with E-state index in [2.05, 4.69) is 41.0 Å². The molecule has 120 valence electrons. The Bertz CT molecular complexity index is 369. The second kappa shape index (κ2) is 7.83. The Morgan fingerprint density at radius 1 is 1.29 bits per heavy atom. The van der Waals surface area contributed by atoms with Crippen LogP contribution < -0.4 is 10.6 Å². The summed E-state index contributed by atoms with van der Waals surface area (Å²) in [4.78, 5) is 6.89. The normalized spacial score (nSPS) is 27.5. The van der Waals surface area contributed by atoms with Crippen LogP contribution in [-0.4, -0.2) is 49.6 Å². The number of rotatable bonds is 6. The maximum Gasteiger partial charge on any atom is 0.191 e. The minimum atomic E-state index is 0.556. The quantitative estimate of drug-likeness (QED) is 0.448. The van der Waals surface area contributed by atoms with E-state index < -0.39 is 0 Å². The molecule has 2 N–H and O–H groups in total. The molecule has 2 fully saturated rings. The van der Waals surface area contributed by atoms with E-state index in [1.807, 2.05) is 7.05 Å². The van der Waals surface area contributed by atoms with Crippen LogP contribution in [0, 0.1) is 5.92 Å². The van der Waals surface area contributed by atoms with E-state index in [0.29, 0.717) is 12.1 Å². The van der Waals surface area contributed by atoms with Crippen molar-refractivity contribution in [3.63, 3.8) is 0 Å². The highest BCUT2D eigenvalue weighted by Gasteiger charge is 2.36. The van der Waals surface area contributed by atoms with Crippen molar-refractivity contribution in [2.45, 2.75) is 58.0 Å². The molecule has 0 bridgehead atoms. The molecule has 0 aromatic carbocycles. The molecule has 21 heavy (non-hydrogen) atoms. The van der Waals surface area contributed by atoms with Crippen molar-refractivity contribution >= 4 is 5.96 Å². The molecule has 1 aliphatic heterocycles. The van der Waals surface area contributed by atoms with Crippen molar-refractivity contribution in [1.29, 1.82) is 0 Å². The average Bonchev–Trinajstić information content (AvgIpc) is 3.18. The van der Waals surface area contributed by atoms with E-state index >= 15 is 0 Å². The van der Waals surface area contributed by atoms with Crippen molar-refractivity contribution in [3.8, 4) is 0 Å². The highest BCUT2D eigenvalue weighted by atomic mass is 15.2. The molecule has 0 spiro atoms. The molecular formula is C17H32N4. The largest absolute Gasteiger partial charge is 0.354 e. The smallest absolute Gasteiger partial charge is 0.191 e. The van der Waals surface area contributed by atoms with Crippen molar-refractivity contribution in [1.82, 2.24) is 15.5 Å². The van der Waals surface area contributed by atoms with E-state index in [1.54, 1.807) is 0 Å². The zero-order chi connectivity index (χ0) is 15.2. The number of likely N-dealkylation sites (tertiary alicyclic amines) is 1. The summed E-state index contributed by atoms with van der Waals surface area (Å²) in [6, 6.07) is 1.21. The van der Waals surface area contributed by atoms with Gasteiger partial charge < -0.3 is 10.6 Å². The lowest BCUT2D eigenvalue weighted by Gasteiger charge is -2.33. The molecule has 1 saturated carbocycles. The third-order valence-corrected chi connectivity index (χ3v) is 4.55. The molecule has 1 saturated heterocycles. The molecule has 2 rings (SSSR count). The molecule has 0 radical (unpaired) electrons. The summed E-state index contributed by atoms with van der Waals surface area (Å²) >= 11 is 0.